The molecular formula is C13H14N4O2. The van der Waals surface area contributed by atoms with Gasteiger partial charge in [0, 0.05) is 26.5 Å². The zero-order valence-electron chi connectivity index (χ0n) is 10.7. The monoisotopic (exact) mass is 258 g/mol. The molecule has 6 nitrogen and oxygen atoms in total. The van der Waals surface area contributed by atoms with Crippen LogP contribution in [0.1, 0.15) is 10.4 Å². The summed E-state index contributed by atoms with van der Waals surface area (Å²) in [7, 11) is 3.61. The van der Waals surface area contributed by atoms with Gasteiger partial charge in [-0.1, -0.05) is 0 Å². The van der Waals surface area contributed by atoms with Crippen molar-refractivity contribution in [1.29, 1.82) is 0 Å². The molecule has 0 aliphatic rings. The number of pyridine rings is 2. The first kappa shape index (κ1) is 12.8. The summed E-state index contributed by atoms with van der Waals surface area (Å²) in [6.07, 6.45) is 3.11. The van der Waals surface area contributed by atoms with Crippen LogP contribution in [0.5, 0.6) is 5.75 Å². The summed E-state index contributed by atoms with van der Waals surface area (Å²) in [5.74, 6) is 0.230. The molecule has 0 spiro atoms. The van der Waals surface area contributed by atoms with Crippen LogP contribution in [0.2, 0.25) is 0 Å². The lowest BCUT2D eigenvalue weighted by atomic mass is 10.2. The van der Waals surface area contributed by atoms with Crippen molar-refractivity contribution in [2.45, 2.75) is 0 Å². The SMILES string of the molecule is CN(C)c1ncccc1C(=O)Nc1ncccc1O. The molecule has 98 valence electrons. The van der Waals surface area contributed by atoms with E-state index < -0.39 is 0 Å². The summed E-state index contributed by atoms with van der Waals surface area (Å²) >= 11 is 0. The molecule has 0 radical (unpaired) electrons. The van der Waals surface area contributed by atoms with Crippen LogP contribution in [-0.2, 0) is 0 Å². The molecule has 0 aliphatic heterocycles. The van der Waals surface area contributed by atoms with Crippen molar-refractivity contribution in [2.24, 2.45) is 0 Å². The molecule has 0 aromatic carbocycles. The van der Waals surface area contributed by atoms with Gasteiger partial charge < -0.3 is 15.3 Å². The number of rotatable bonds is 3. The first-order valence-electron chi connectivity index (χ1n) is 5.67. The van der Waals surface area contributed by atoms with Crippen LogP contribution >= 0.6 is 0 Å². The summed E-state index contributed by atoms with van der Waals surface area (Å²) in [5.41, 5.74) is 0.414. The van der Waals surface area contributed by atoms with Crippen LogP contribution in [0.15, 0.2) is 36.7 Å². The van der Waals surface area contributed by atoms with Gasteiger partial charge >= 0.3 is 0 Å². The standard InChI is InChI=1S/C13H14N4O2/c1-17(2)12-9(5-3-8-15-12)13(19)16-11-10(18)6-4-7-14-11/h3-8,18H,1-2H3,(H,14,16,19). The van der Waals surface area contributed by atoms with Gasteiger partial charge in [0.05, 0.1) is 5.56 Å². The van der Waals surface area contributed by atoms with E-state index in [1.165, 1.54) is 12.3 Å². The number of carbonyl (C=O) groups excluding carboxylic acids is 1. The fourth-order valence-electron chi connectivity index (χ4n) is 1.60. The summed E-state index contributed by atoms with van der Waals surface area (Å²) in [6.45, 7) is 0. The lowest BCUT2D eigenvalue weighted by molar-refractivity contribution is 0.102. The molecule has 1 amide bonds. The molecule has 2 N–H and O–H groups in total. The molecule has 0 aliphatic carbocycles. The number of aromatic hydroxyl groups is 1. The Kier molecular flexibility index (Phi) is 3.61. The van der Waals surface area contributed by atoms with E-state index in [0.29, 0.717) is 11.4 Å². The molecular weight excluding hydrogens is 244 g/mol. The summed E-state index contributed by atoms with van der Waals surface area (Å²) in [6, 6.07) is 6.39. The smallest absolute Gasteiger partial charge is 0.260 e. The number of anilines is 2. The van der Waals surface area contributed by atoms with Gasteiger partial charge in [-0.2, -0.15) is 0 Å². The Labute approximate surface area is 110 Å². The van der Waals surface area contributed by atoms with Gasteiger partial charge in [-0.25, -0.2) is 9.97 Å². The molecule has 2 rings (SSSR count). The van der Waals surface area contributed by atoms with E-state index in [-0.39, 0.29) is 17.5 Å². The molecule has 0 bridgehead atoms. The largest absolute Gasteiger partial charge is 0.504 e. The topological polar surface area (TPSA) is 78.4 Å². The minimum absolute atomic E-state index is 0.0776. The Bertz CT molecular complexity index is 599. The maximum atomic E-state index is 12.2. The molecule has 2 aromatic rings. The van der Waals surface area contributed by atoms with Gasteiger partial charge in [-0.3, -0.25) is 4.79 Å². The van der Waals surface area contributed by atoms with Crippen LogP contribution in [0.25, 0.3) is 0 Å². The highest BCUT2D eigenvalue weighted by atomic mass is 16.3. The molecule has 0 fully saturated rings. The third-order valence-electron chi connectivity index (χ3n) is 2.47. The highest BCUT2D eigenvalue weighted by molar-refractivity contribution is 6.07. The first-order valence-corrected chi connectivity index (χ1v) is 5.67. The van der Waals surface area contributed by atoms with E-state index in [2.05, 4.69) is 15.3 Å². The first-order chi connectivity index (χ1) is 9.09. The third-order valence-corrected chi connectivity index (χ3v) is 2.47. The lowest BCUT2D eigenvalue weighted by Crippen LogP contribution is -2.20. The Balaban J connectivity index is 2.29. The highest BCUT2D eigenvalue weighted by Gasteiger charge is 2.15. The minimum Gasteiger partial charge on any atom is -0.504 e. The van der Waals surface area contributed by atoms with E-state index in [1.807, 2.05) is 0 Å². The van der Waals surface area contributed by atoms with Gasteiger partial charge in [0.1, 0.15) is 5.82 Å². The second kappa shape index (κ2) is 5.34. The van der Waals surface area contributed by atoms with Crippen LogP contribution in [0.3, 0.4) is 0 Å². The molecule has 0 unspecified atom stereocenters. The molecule has 0 saturated carbocycles. The van der Waals surface area contributed by atoms with Gasteiger partial charge in [0.25, 0.3) is 5.91 Å². The molecule has 2 aromatic heterocycles. The maximum Gasteiger partial charge on any atom is 0.260 e. The van der Waals surface area contributed by atoms with Crippen molar-refractivity contribution in [3.05, 3.63) is 42.2 Å². The molecule has 0 saturated heterocycles. The Hall–Kier alpha value is -2.63. The summed E-state index contributed by atoms with van der Waals surface area (Å²) in [5, 5.41) is 12.1. The molecule has 6 heteroatoms. The molecule has 19 heavy (non-hydrogen) atoms. The van der Waals surface area contributed by atoms with Crippen LogP contribution in [0.4, 0.5) is 11.6 Å². The van der Waals surface area contributed by atoms with E-state index in [1.54, 1.807) is 43.4 Å². The third kappa shape index (κ3) is 2.79. The Morgan fingerprint density at radius 3 is 2.58 bits per heavy atom. The van der Waals surface area contributed by atoms with Crippen molar-refractivity contribution in [1.82, 2.24) is 9.97 Å². The van der Waals surface area contributed by atoms with E-state index >= 15 is 0 Å². The fourth-order valence-corrected chi connectivity index (χ4v) is 1.60. The predicted molar refractivity (Wildman–Crippen MR) is 72.4 cm³/mol. The highest BCUT2D eigenvalue weighted by Crippen LogP contribution is 2.21. The van der Waals surface area contributed by atoms with Crippen molar-refractivity contribution < 1.29 is 9.90 Å². The quantitative estimate of drug-likeness (QED) is 0.872. The van der Waals surface area contributed by atoms with E-state index in [4.69, 9.17) is 0 Å². The second-order valence-electron chi connectivity index (χ2n) is 4.09. The number of nitrogens with one attached hydrogen (secondary N) is 1. The zero-order chi connectivity index (χ0) is 13.8. The zero-order valence-corrected chi connectivity index (χ0v) is 10.7. The van der Waals surface area contributed by atoms with Gasteiger partial charge in [-0.15, -0.1) is 0 Å². The van der Waals surface area contributed by atoms with E-state index in [9.17, 15) is 9.90 Å². The normalized spacial score (nSPS) is 10.0. The van der Waals surface area contributed by atoms with Crippen molar-refractivity contribution in [2.75, 3.05) is 24.3 Å². The number of hydrogen-bond acceptors (Lipinski definition) is 5. The van der Waals surface area contributed by atoms with Crippen LogP contribution in [0, 0.1) is 0 Å². The van der Waals surface area contributed by atoms with Crippen LogP contribution in [-0.4, -0.2) is 35.1 Å². The predicted octanol–water partition coefficient (Wildman–Crippen LogP) is 1.50. The van der Waals surface area contributed by atoms with Crippen LogP contribution < -0.4 is 10.2 Å². The van der Waals surface area contributed by atoms with Gasteiger partial charge in [0.15, 0.2) is 11.6 Å². The second-order valence-corrected chi connectivity index (χ2v) is 4.09. The molecule has 2 heterocycles. The van der Waals surface area contributed by atoms with Crippen molar-refractivity contribution in [3.63, 3.8) is 0 Å². The maximum absolute atomic E-state index is 12.2. The lowest BCUT2D eigenvalue weighted by Gasteiger charge is -2.15. The average Bonchev–Trinajstić information content (AvgIpc) is 2.41. The van der Waals surface area contributed by atoms with Crippen molar-refractivity contribution in [3.8, 4) is 5.75 Å². The summed E-state index contributed by atoms with van der Waals surface area (Å²) in [4.78, 5) is 22.0. The van der Waals surface area contributed by atoms with Gasteiger partial charge in [0.2, 0.25) is 0 Å². The van der Waals surface area contributed by atoms with Gasteiger partial charge in [-0.05, 0) is 24.3 Å². The number of carbonyl (C=O) groups is 1. The minimum atomic E-state index is -0.370. The Morgan fingerprint density at radius 2 is 1.89 bits per heavy atom. The van der Waals surface area contributed by atoms with E-state index in [0.717, 1.165) is 0 Å². The fraction of sp³-hybridized carbons (Fsp3) is 0.154. The number of hydrogen-bond donors (Lipinski definition) is 2. The number of nitrogens with zero attached hydrogens (tertiary/aromatic N) is 3. The number of amides is 1. The number of aromatic nitrogens is 2. The molecule has 0 atom stereocenters. The Morgan fingerprint density at radius 1 is 1.21 bits per heavy atom. The van der Waals surface area contributed by atoms with Crippen molar-refractivity contribution >= 4 is 17.5 Å². The summed E-state index contributed by atoms with van der Waals surface area (Å²) < 4.78 is 0. The average molecular weight is 258 g/mol.